The number of benzene rings is 1. The number of likely N-dealkylation sites (tertiary alicyclic amines) is 1. The van der Waals surface area contributed by atoms with E-state index in [9.17, 15) is 14.0 Å². The van der Waals surface area contributed by atoms with Crippen molar-refractivity contribution in [1.29, 1.82) is 0 Å². The number of imide groups is 1. The molecule has 0 spiro atoms. The highest BCUT2D eigenvalue weighted by atomic mass is 35.5. The van der Waals surface area contributed by atoms with E-state index in [0.29, 0.717) is 10.6 Å². The van der Waals surface area contributed by atoms with Crippen LogP contribution in [0.15, 0.2) is 18.2 Å². The molecular formula is C12H12ClFN2O2. The van der Waals surface area contributed by atoms with Gasteiger partial charge in [-0.3, -0.25) is 14.5 Å². The molecule has 0 radical (unpaired) electrons. The molecule has 18 heavy (non-hydrogen) atoms. The minimum Gasteiger partial charge on any atom is -0.319 e. The molecule has 1 fully saturated rings. The monoisotopic (exact) mass is 270 g/mol. The van der Waals surface area contributed by atoms with Gasteiger partial charge in [-0.2, -0.15) is 0 Å². The Hall–Kier alpha value is -1.46. The summed E-state index contributed by atoms with van der Waals surface area (Å²) in [6.07, 6.45) is 0.208. The summed E-state index contributed by atoms with van der Waals surface area (Å²) in [5.74, 6) is -1.17. The van der Waals surface area contributed by atoms with Crippen LogP contribution in [0, 0.1) is 5.82 Å². The van der Waals surface area contributed by atoms with E-state index in [2.05, 4.69) is 0 Å². The Morgan fingerprint density at radius 2 is 2.17 bits per heavy atom. The van der Waals surface area contributed by atoms with E-state index >= 15 is 0 Å². The molecule has 0 aliphatic carbocycles. The van der Waals surface area contributed by atoms with Crippen molar-refractivity contribution in [3.05, 3.63) is 34.6 Å². The molecular weight excluding hydrogens is 259 g/mol. The van der Waals surface area contributed by atoms with Crippen LogP contribution < -0.4 is 5.73 Å². The van der Waals surface area contributed by atoms with Gasteiger partial charge in [-0.15, -0.1) is 0 Å². The van der Waals surface area contributed by atoms with E-state index in [1.807, 2.05) is 0 Å². The molecule has 1 heterocycles. The Kier molecular flexibility index (Phi) is 3.63. The summed E-state index contributed by atoms with van der Waals surface area (Å²) in [6, 6.07) is 3.59. The molecule has 1 aromatic carbocycles. The van der Waals surface area contributed by atoms with Gasteiger partial charge in [-0.1, -0.05) is 17.7 Å². The van der Waals surface area contributed by atoms with Crippen molar-refractivity contribution < 1.29 is 14.0 Å². The number of nitrogens with zero attached hydrogens (tertiary/aromatic N) is 1. The third-order valence-corrected chi connectivity index (χ3v) is 3.28. The van der Waals surface area contributed by atoms with Crippen molar-refractivity contribution in [1.82, 2.24) is 4.90 Å². The first-order valence-electron chi connectivity index (χ1n) is 5.53. The van der Waals surface area contributed by atoms with Crippen LogP contribution in [0.5, 0.6) is 0 Å². The second kappa shape index (κ2) is 5.04. The molecule has 0 bridgehead atoms. The van der Waals surface area contributed by atoms with E-state index in [4.69, 9.17) is 17.3 Å². The standard InChI is InChI=1S/C12H12ClFN2O2/c13-8-2-1-3-9(14)7(8)4-5-16-11(17)6-10(15)12(16)18/h1-3,10H,4-6,15H2. The molecule has 2 amide bonds. The van der Waals surface area contributed by atoms with Crippen LogP contribution in [-0.2, 0) is 16.0 Å². The lowest BCUT2D eigenvalue weighted by Gasteiger charge is -2.14. The Bertz CT molecular complexity index is 487. The molecule has 1 unspecified atom stereocenters. The molecule has 0 aromatic heterocycles. The predicted octanol–water partition coefficient (Wildman–Crippen LogP) is 1.11. The first-order valence-corrected chi connectivity index (χ1v) is 5.91. The fourth-order valence-electron chi connectivity index (χ4n) is 1.94. The lowest BCUT2D eigenvalue weighted by atomic mass is 10.1. The van der Waals surface area contributed by atoms with Gasteiger partial charge in [0, 0.05) is 17.1 Å². The maximum Gasteiger partial charge on any atom is 0.246 e. The van der Waals surface area contributed by atoms with Crippen molar-refractivity contribution in [3.63, 3.8) is 0 Å². The van der Waals surface area contributed by atoms with E-state index in [1.165, 1.54) is 12.1 Å². The number of carbonyl (C=O) groups excluding carboxylic acids is 2. The lowest BCUT2D eigenvalue weighted by Crippen LogP contribution is -2.36. The Labute approximate surface area is 109 Å². The minimum atomic E-state index is -0.770. The summed E-state index contributed by atoms with van der Waals surface area (Å²) in [4.78, 5) is 24.1. The van der Waals surface area contributed by atoms with Crippen molar-refractivity contribution >= 4 is 23.4 Å². The highest BCUT2D eigenvalue weighted by molar-refractivity contribution is 6.31. The summed E-state index contributed by atoms with van der Waals surface area (Å²) in [7, 11) is 0. The highest BCUT2D eigenvalue weighted by Gasteiger charge is 2.35. The lowest BCUT2D eigenvalue weighted by molar-refractivity contribution is -0.138. The van der Waals surface area contributed by atoms with E-state index < -0.39 is 17.8 Å². The van der Waals surface area contributed by atoms with Crippen LogP contribution in [0.25, 0.3) is 0 Å². The molecule has 1 aliphatic rings. The van der Waals surface area contributed by atoms with Gasteiger partial charge in [-0.05, 0) is 18.6 Å². The molecule has 2 rings (SSSR count). The molecule has 96 valence electrons. The van der Waals surface area contributed by atoms with Crippen molar-refractivity contribution in [2.24, 2.45) is 5.73 Å². The van der Waals surface area contributed by atoms with E-state index in [0.717, 1.165) is 4.90 Å². The van der Waals surface area contributed by atoms with Gasteiger partial charge in [0.25, 0.3) is 0 Å². The first kappa shape index (κ1) is 13.0. The summed E-state index contributed by atoms with van der Waals surface area (Å²) >= 11 is 5.86. The van der Waals surface area contributed by atoms with Gasteiger partial charge in [0.1, 0.15) is 5.82 Å². The minimum absolute atomic E-state index is 0.0177. The van der Waals surface area contributed by atoms with E-state index in [1.54, 1.807) is 6.07 Å². The second-order valence-corrected chi connectivity index (χ2v) is 4.55. The average molecular weight is 271 g/mol. The van der Waals surface area contributed by atoms with Crippen molar-refractivity contribution in [2.45, 2.75) is 18.9 Å². The molecule has 4 nitrogen and oxygen atoms in total. The zero-order valence-electron chi connectivity index (χ0n) is 9.53. The van der Waals surface area contributed by atoms with E-state index in [-0.39, 0.29) is 25.3 Å². The normalized spacial score (nSPS) is 19.7. The molecule has 1 saturated heterocycles. The molecule has 6 heteroatoms. The summed E-state index contributed by atoms with van der Waals surface area (Å²) < 4.78 is 13.5. The fourth-order valence-corrected chi connectivity index (χ4v) is 2.20. The van der Waals surface area contributed by atoms with Crippen LogP contribution >= 0.6 is 11.6 Å². The summed E-state index contributed by atoms with van der Waals surface area (Å²) in [5.41, 5.74) is 5.78. The SMILES string of the molecule is NC1CC(=O)N(CCc2c(F)cccc2Cl)C1=O. The van der Waals surface area contributed by atoms with Crippen LogP contribution in [0.4, 0.5) is 4.39 Å². The molecule has 0 saturated carbocycles. The van der Waals surface area contributed by atoms with Gasteiger partial charge in [0.15, 0.2) is 0 Å². The van der Waals surface area contributed by atoms with Gasteiger partial charge in [0.05, 0.1) is 12.5 Å². The Morgan fingerprint density at radius 1 is 1.44 bits per heavy atom. The largest absolute Gasteiger partial charge is 0.319 e. The first-order chi connectivity index (χ1) is 8.50. The number of hydrogen-bond donors (Lipinski definition) is 1. The number of halogens is 2. The van der Waals surface area contributed by atoms with Crippen LogP contribution in [0.3, 0.4) is 0 Å². The number of hydrogen-bond acceptors (Lipinski definition) is 3. The summed E-state index contributed by atoms with van der Waals surface area (Å²) in [5, 5.41) is 0.290. The number of rotatable bonds is 3. The maximum atomic E-state index is 13.5. The fraction of sp³-hybridized carbons (Fsp3) is 0.333. The topological polar surface area (TPSA) is 63.4 Å². The molecule has 1 atom stereocenters. The molecule has 2 N–H and O–H groups in total. The van der Waals surface area contributed by atoms with Gasteiger partial charge in [-0.25, -0.2) is 4.39 Å². The number of nitrogens with two attached hydrogens (primary N) is 1. The maximum absolute atomic E-state index is 13.5. The zero-order chi connectivity index (χ0) is 13.3. The smallest absolute Gasteiger partial charge is 0.246 e. The third kappa shape index (κ3) is 2.37. The van der Waals surface area contributed by atoms with Crippen LogP contribution in [0.2, 0.25) is 5.02 Å². The average Bonchev–Trinajstić information content (AvgIpc) is 2.54. The highest BCUT2D eigenvalue weighted by Crippen LogP contribution is 2.21. The van der Waals surface area contributed by atoms with Gasteiger partial charge < -0.3 is 5.73 Å². The predicted molar refractivity (Wildman–Crippen MR) is 64.4 cm³/mol. The van der Waals surface area contributed by atoms with Crippen molar-refractivity contribution in [2.75, 3.05) is 6.54 Å². The quantitative estimate of drug-likeness (QED) is 0.837. The van der Waals surface area contributed by atoms with Crippen LogP contribution in [0.1, 0.15) is 12.0 Å². The Morgan fingerprint density at radius 3 is 2.72 bits per heavy atom. The summed E-state index contributed by atoms with van der Waals surface area (Å²) in [6.45, 7) is 0.103. The van der Waals surface area contributed by atoms with Gasteiger partial charge >= 0.3 is 0 Å². The van der Waals surface area contributed by atoms with Gasteiger partial charge in [0.2, 0.25) is 11.8 Å². The molecule has 1 aliphatic heterocycles. The number of carbonyl (C=O) groups is 2. The van der Waals surface area contributed by atoms with Crippen molar-refractivity contribution in [3.8, 4) is 0 Å². The Balaban J connectivity index is 2.08. The second-order valence-electron chi connectivity index (χ2n) is 4.14. The number of amides is 2. The third-order valence-electron chi connectivity index (χ3n) is 2.93. The van der Waals surface area contributed by atoms with Crippen LogP contribution in [-0.4, -0.2) is 29.3 Å². The molecule has 1 aromatic rings. The zero-order valence-corrected chi connectivity index (χ0v) is 10.3.